The van der Waals surface area contributed by atoms with E-state index < -0.39 is 0 Å². The van der Waals surface area contributed by atoms with Gasteiger partial charge >= 0.3 is 0 Å². The molecule has 0 spiro atoms. The van der Waals surface area contributed by atoms with Gasteiger partial charge in [0.05, 0.1) is 5.56 Å². The van der Waals surface area contributed by atoms with Crippen LogP contribution in [-0.4, -0.2) is 62.6 Å². The van der Waals surface area contributed by atoms with Crippen molar-refractivity contribution >= 4 is 0 Å². The smallest absolute Gasteiger partial charge is 0.261 e. The first-order valence-corrected chi connectivity index (χ1v) is 11.2. The fraction of sp³-hybridized carbons (Fsp3) is 0.652. The number of fused-ring (bicyclic) bond motifs is 4. The summed E-state index contributed by atoms with van der Waals surface area (Å²) in [6.07, 6.45) is 8.74. The summed E-state index contributed by atoms with van der Waals surface area (Å²) in [5.74, 6) is 1.69. The van der Waals surface area contributed by atoms with Gasteiger partial charge in [-0.05, 0) is 64.3 Å². The molecule has 3 aliphatic heterocycles. The zero-order valence-corrected chi connectivity index (χ0v) is 17.7. The number of pyridine rings is 1. The van der Waals surface area contributed by atoms with Crippen LogP contribution in [0.25, 0.3) is 11.4 Å². The largest absolute Gasteiger partial charge is 0.344 e. The molecule has 2 atom stereocenters. The van der Waals surface area contributed by atoms with Gasteiger partial charge in [-0.25, -0.2) is 4.98 Å². The van der Waals surface area contributed by atoms with E-state index in [9.17, 15) is 4.79 Å². The van der Waals surface area contributed by atoms with Crippen molar-refractivity contribution in [2.24, 2.45) is 5.92 Å². The Balaban J connectivity index is 1.36. The highest BCUT2D eigenvalue weighted by Gasteiger charge is 2.38. The number of piperidine rings is 2. The van der Waals surface area contributed by atoms with Crippen LogP contribution in [0.15, 0.2) is 29.3 Å². The van der Waals surface area contributed by atoms with Crippen LogP contribution >= 0.6 is 0 Å². The summed E-state index contributed by atoms with van der Waals surface area (Å²) < 4.78 is 2.03. The number of imidazole rings is 1. The van der Waals surface area contributed by atoms with Crippen LogP contribution in [0.1, 0.15) is 51.1 Å². The van der Waals surface area contributed by atoms with Crippen molar-refractivity contribution in [3.63, 3.8) is 0 Å². The Morgan fingerprint density at radius 1 is 1.14 bits per heavy atom. The van der Waals surface area contributed by atoms with Gasteiger partial charge in [0.25, 0.3) is 5.56 Å². The molecule has 156 valence electrons. The predicted molar refractivity (Wildman–Crippen MR) is 115 cm³/mol. The van der Waals surface area contributed by atoms with Crippen molar-refractivity contribution in [2.75, 3.05) is 32.7 Å². The minimum Gasteiger partial charge on any atom is -0.344 e. The molecule has 0 unspecified atom stereocenters. The lowest BCUT2D eigenvalue weighted by molar-refractivity contribution is 0.0301. The van der Waals surface area contributed by atoms with Gasteiger partial charge in [0.1, 0.15) is 5.82 Å². The molecular formula is C23H33N5O. The van der Waals surface area contributed by atoms with Crippen LogP contribution in [0, 0.1) is 5.92 Å². The van der Waals surface area contributed by atoms with Crippen molar-refractivity contribution in [3.8, 4) is 11.4 Å². The molecule has 0 saturated carbocycles. The fourth-order valence-corrected chi connectivity index (χ4v) is 5.91. The Hall–Kier alpha value is -1.92. The second-order valence-electron chi connectivity index (χ2n) is 9.88. The zero-order valence-electron chi connectivity index (χ0n) is 17.7. The lowest BCUT2D eigenvalue weighted by atomic mass is 9.82. The van der Waals surface area contributed by atoms with Gasteiger partial charge in [-0.3, -0.25) is 9.69 Å². The number of nitrogens with zero attached hydrogens (tertiary/aromatic N) is 4. The fourth-order valence-electron chi connectivity index (χ4n) is 5.91. The minimum atomic E-state index is 0.106. The van der Waals surface area contributed by atoms with Crippen molar-refractivity contribution in [1.82, 2.24) is 24.3 Å². The normalized spacial score (nSPS) is 25.7. The van der Waals surface area contributed by atoms with E-state index in [-0.39, 0.29) is 11.1 Å². The molecule has 3 aliphatic rings. The quantitative estimate of drug-likeness (QED) is 0.865. The molecule has 5 rings (SSSR count). The minimum absolute atomic E-state index is 0.106. The highest BCUT2D eigenvalue weighted by Crippen LogP contribution is 2.36. The number of rotatable bonds is 4. The average molecular weight is 396 g/mol. The summed E-state index contributed by atoms with van der Waals surface area (Å²) in [4.78, 5) is 25.9. The lowest BCUT2D eigenvalue weighted by Crippen LogP contribution is -2.56. The van der Waals surface area contributed by atoms with Crippen molar-refractivity contribution in [3.05, 3.63) is 40.6 Å². The number of aromatic amines is 1. The molecule has 2 aromatic heterocycles. The van der Waals surface area contributed by atoms with E-state index in [0.717, 1.165) is 26.2 Å². The molecule has 6 nitrogen and oxygen atoms in total. The molecule has 0 aliphatic carbocycles. The van der Waals surface area contributed by atoms with Crippen molar-refractivity contribution in [1.29, 1.82) is 0 Å². The third kappa shape index (κ3) is 3.57. The number of likely N-dealkylation sites (tertiary alicyclic amines) is 2. The second-order valence-corrected chi connectivity index (χ2v) is 9.88. The molecule has 6 heteroatoms. The maximum absolute atomic E-state index is 13.1. The number of hydrogen-bond donors (Lipinski definition) is 1. The van der Waals surface area contributed by atoms with E-state index in [1.165, 1.54) is 44.5 Å². The van der Waals surface area contributed by atoms with Crippen LogP contribution in [0.5, 0.6) is 0 Å². The van der Waals surface area contributed by atoms with Gasteiger partial charge in [0, 0.05) is 55.7 Å². The van der Waals surface area contributed by atoms with E-state index in [4.69, 9.17) is 0 Å². The van der Waals surface area contributed by atoms with E-state index >= 15 is 0 Å². The van der Waals surface area contributed by atoms with E-state index in [1.807, 2.05) is 10.6 Å². The molecule has 0 amide bonds. The Labute approximate surface area is 172 Å². The SMILES string of the molecule is CC(C)(CN1C[C@@H]2C[C@H](C1)c1ccc(-c3ncc[nH]3)c(=O)n1C2)N1CCCCC1. The number of hydrogen-bond acceptors (Lipinski definition) is 4. The van der Waals surface area contributed by atoms with Crippen LogP contribution in [0.2, 0.25) is 0 Å². The number of nitrogens with one attached hydrogen (secondary N) is 1. The topological polar surface area (TPSA) is 57.2 Å². The van der Waals surface area contributed by atoms with Crippen LogP contribution in [0.3, 0.4) is 0 Å². The Kier molecular flexibility index (Phi) is 4.87. The first-order chi connectivity index (χ1) is 14.0. The standard InChI is InChI=1S/C23H33N5O/c1-23(2,27-10-4-3-5-11-27)16-26-13-17-12-18(15-26)20-7-6-19(21-24-8-9-25-21)22(29)28(20)14-17/h6-9,17-18H,3-5,10-16H2,1-2H3,(H,24,25)/t17-,18+/m0/s1. The molecule has 2 aromatic rings. The summed E-state index contributed by atoms with van der Waals surface area (Å²) >= 11 is 0. The van der Waals surface area contributed by atoms with Gasteiger partial charge < -0.3 is 14.5 Å². The number of aromatic nitrogens is 3. The Bertz CT molecular complexity index is 910. The van der Waals surface area contributed by atoms with E-state index in [2.05, 4.69) is 39.7 Å². The molecule has 29 heavy (non-hydrogen) atoms. The van der Waals surface area contributed by atoms with Gasteiger partial charge in [-0.1, -0.05) is 6.42 Å². The molecular weight excluding hydrogens is 362 g/mol. The van der Waals surface area contributed by atoms with E-state index in [0.29, 0.717) is 23.2 Å². The first kappa shape index (κ1) is 19.1. The highest BCUT2D eigenvalue weighted by atomic mass is 16.1. The maximum Gasteiger partial charge on any atom is 0.261 e. The lowest BCUT2D eigenvalue weighted by Gasteiger charge is -2.48. The molecule has 5 heterocycles. The van der Waals surface area contributed by atoms with Gasteiger partial charge in [-0.2, -0.15) is 0 Å². The number of H-pyrrole nitrogens is 1. The third-order valence-corrected chi connectivity index (χ3v) is 7.26. The first-order valence-electron chi connectivity index (χ1n) is 11.2. The average Bonchev–Trinajstić information content (AvgIpc) is 3.24. The van der Waals surface area contributed by atoms with Crippen LogP contribution < -0.4 is 5.56 Å². The van der Waals surface area contributed by atoms with Crippen molar-refractivity contribution < 1.29 is 0 Å². The second kappa shape index (κ2) is 7.40. The molecule has 1 N–H and O–H groups in total. The predicted octanol–water partition coefficient (Wildman–Crippen LogP) is 2.92. The van der Waals surface area contributed by atoms with Gasteiger partial charge in [0.15, 0.2) is 0 Å². The third-order valence-electron chi connectivity index (χ3n) is 7.26. The summed E-state index contributed by atoms with van der Waals surface area (Å²) in [6, 6.07) is 4.13. The molecule has 0 radical (unpaired) electrons. The van der Waals surface area contributed by atoms with Gasteiger partial charge in [-0.15, -0.1) is 0 Å². The maximum atomic E-state index is 13.1. The Morgan fingerprint density at radius 3 is 2.72 bits per heavy atom. The van der Waals surface area contributed by atoms with E-state index in [1.54, 1.807) is 12.4 Å². The molecule has 0 aromatic carbocycles. The van der Waals surface area contributed by atoms with Crippen molar-refractivity contribution in [2.45, 2.75) is 57.5 Å². The molecule has 2 saturated heterocycles. The van der Waals surface area contributed by atoms with Crippen LogP contribution in [0.4, 0.5) is 0 Å². The highest BCUT2D eigenvalue weighted by molar-refractivity contribution is 5.53. The summed E-state index contributed by atoms with van der Waals surface area (Å²) in [6.45, 7) is 11.4. The van der Waals surface area contributed by atoms with Gasteiger partial charge in [0.2, 0.25) is 0 Å². The molecule has 2 fully saturated rings. The summed E-state index contributed by atoms with van der Waals surface area (Å²) in [7, 11) is 0. The summed E-state index contributed by atoms with van der Waals surface area (Å²) in [5, 5.41) is 0. The molecule has 2 bridgehead atoms. The Morgan fingerprint density at radius 2 is 1.97 bits per heavy atom. The van der Waals surface area contributed by atoms with Crippen LogP contribution in [-0.2, 0) is 6.54 Å². The summed E-state index contributed by atoms with van der Waals surface area (Å²) in [5.41, 5.74) is 2.22. The monoisotopic (exact) mass is 395 g/mol. The zero-order chi connectivity index (χ0) is 20.0.